The summed E-state index contributed by atoms with van der Waals surface area (Å²) in [6, 6.07) is 0. The van der Waals surface area contributed by atoms with Gasteiger partial charge in [-0.2, -0.15) is 13.2 Å². The third kappa shape index (κ3) is 3.08. The molecule has 0 spiro atoms. The van der Waals surface area contributed by atoms with E-state index in [1.165, 1.54) is 0 Å². The minimum atomic E-state index is -4.09. The molecule has 1 heterocycles. The van der Waals surface area contributed by atoms with Crippen molar-refractivity contribution in [1.29, 1.82) is 0 Å². The van der Waals surface area contributed by atoms with Gasteiger partial charge in [0.15, 0.2) is 0 Å². The summed E-state index contributed by atoms with van der Waals surface area (Å²) in [5, 5.41) is 3.28. The van der Waals surface area contributed by atoms with Crippen LogP contribution in [-0.2, 0) is 0 Å². The number of azide groups is 1. The SMILES string of the molecule is [N-]=[N+]=NCCN1CCC(C(F)(F)F)C1. The molecule has 0 aromatic heterocycles. The van der Waals surface area contributed by atoms with Crippen LogP contribution in [0.15, 0.2) is 5.11 Å². The Morgan fingerprint density at radius 2 is 2.21 bits per heavy atom. The van der Waals surface area contributed by atoms with E-state index in [4.69, 9.17) is 5.53 Å². The zero-order chi connectivity index (χ0) is 10.6. The van der Waals surface area contributed by atoms with Crippen LogP contribution >= 0.6 is 0 Å². The quantitative estimate of drug-likeness (QED) is 0.398. The van der Waals surface area contributed by atoms with Crippen LogP contribution in [0, 0.1) is 5.92 Å². The Morgan fingerprint density at radius 1 is 1.50 bits per heavy atom. The van der Waals surface area contributed by atoms with Crippen LogP contribution in [0.5, 0.6) is 0 Å². The van der Waals surface area contributed by atoms with Crippen molar-refractivity contribution in [2.45, 2.75) is 12.6 Å². The first-order valence-corrected chi connectivity index (χ1v) is 4.34. The fourth-order valence-corrected chi connectivity index (χ4v) is 1.53. The van der Waals surface area contributed by atoms with Gasteiger partial charge in [0.2, 0.25) is 0 Å². The van der Waals surface area contributed by atoms with E-state index < -0.39 is 12.1 Å². The highest BCUT2D eigenvalue weighted by Gasteiger charge is 2.43. The molecule has 0 radical (unpaired) electrons. The number of nitrogens with zero attached hydrogens (tertiary/aromatic N) is 4. The van der Waals surface area contributed by atoms with Crippen LogP contribution < -0.4 is 0 Å². The van der Waals surface area contributed by atoms with Gasteiger partial charge >= 0.3 is 6.18 Å². The van der Waals surface area contributed by atoms with Crippen molar-refractivity contribution in [2.24, 2.45) is 11.0 Å². The summed E-state index contributed by atoms with van der Waals surface area (Å²) in [5.41, 5.74) is 7.98. The van der Waals surface area contributed by atoms with E-state index in [0.717, 1.165) is 0 Å². The van der Waals surface area contributed by atoms with E-state index in [1.54, 1.807) is 4.90 Å². The molecule has 0 aliphatic carbocycles. The number of halogens is 3. The molecular formula is C7H11F3N4. The molecule has 4 nitrogen and oxygen atoms in total. The lowest BCUT2D eigenvalue weighted by atomic mass is 10.1. The minimum absolute atomic E-state index is 0.0322. The molecule has 1 aliphatic rings. The van der Waals surface area contributed by atoms with Crippen LogP contribution in [-0.4, -0.2) is 37.3 Å². The maximum absolute atomic E-state index is 12.2. The third-order valence-corrected chi connectivity index (χ3v) is 2.31. The summed E-state index contributed by atoms with van der Waals surface area (Å²) in [6.07, 6.45) is -3.94. The summed E-state index contributed by atoms with van der Waals surface area (Å²) in [5.74, 6) is -1.21. The van der Waals surface area contributed by atoms with Gasteiger partial charge in [0.25, 0.3) is 0 Å². The maximum Gasteiger partial charge on any atom is 0.393 e. The zero-order valence-corrected chi connectivity index (χ0v) is 7.54. The lowest BCUT2D eigenvalue weighted by molar-refractivity contribution is -0.170. The summed E-state index contributed by atoms with van der Waals surface area (Å²) in [6.45, 7) is 1.12. The first kappa shape index (κ1) is 11.1. The fraction of sp³-hybridized carbons (Fsp3) is 1.00. The van der Waals surface area contributed by atoms with Gasteiger partial charge in [0.05, 0.1) is 5.92 Å². The molecule has 0 saturated carbocycles. The Morgan fingerprint density at radius 3 is 2.71 bits per heavy atom. The molecule has 0 aromatic carbocycles. The molecule has 1 saturated heterocycles. The molecule has 1 unspecified atom stereocenters. The van der Waals surface area contributed by atoms with Crippen molar-refractivity contribution >= 4 is 0 Å². The topological polar surface area (TPSA) is 52.0 Å². The van der Waals surface area contributed by atoms with E-state index in [0.29, 0.717) is 13.1 Å². The second kappa shape index (κ2) is 4.52. The summed E-state index contributed by atoms with van der Waals surface area (Å²) in [7, 11) is 0. The van der Waals surface area contributed by atoms with E-state index in [1.807, 2.05) is 0 Å². The first-order chi connectivity index (χ1) is 6.54. The smallest absolute Gasteiger partial charge is 0.303 e. The molecule has 0 N–H and O–H groups in total. The molecule has 1 fully saturated rings. The van der Waals surface area contributed by atoms with Gasteiger partial charge in [0.1, 0.15) is 0 Å². The standard InChI is InChI=1S/C7H11F3N4/c8-7(9,10)6-1-3-14(5-6)4-2-12-13-11/h6H,1-5H2. The fourth-order valence-electron chi connectivity index (χ4n) is 1.53. The van der Waals surface area contributed by atoms with Gasteiger partial charge in [-0.25, -0.2) is 0 Å². The van der Waals surface area contributed by atoms with Crippen molar-refractivity contribution in [2.75, 3.05) is 26.2 Å². The van der Waals surface area contributed by atoms with Gasteiger partial charge in [-0.3, -0.25) is 0 Å². The molecule has 7 heteroatoms. The number of alkyl halides is 3. The Balaban J connectivity index is 2.30. The molecule has 0 aromatic rings. The minimum Gasteiger partial charge on any atom is -0.303 e. The lowest BCUT2D eigenvalue weighted by Gasteiger charge is -2.16. The second-order valence-electron chi connectivity index (χ2n) is 3.28. The van der Waals surface area contributed by atoms with Crippen molar-refractivity contribution in [3.63, 3.8) is 0 Å². The molecule has 14 heavy (non-hydrogen) atoms. The van der Waals surface area contributed by atoms with E-state index in [9.17, 15) is 13.2 Å². The molecular weight excluding hydrogens is 197 g/mol. The molecule has 1 atom stereocenters. The predicted molar refractivity (Wildman–Crippen MR) is 44.6 cm³/mol. The molecule has 0 bridgehead atoms. The van der Waals surface area contributed by atoms with Crippen molar-refractivity contribution in [3.05, 3.63) is 10.4 Å². The van der Waals surface area contributed by atoms with Crippen molar-refractivity contribution < 1.29 is 13.2 Å². The van der Waals surface area contributed by atoms with Crippen LogP contribution in [0.2, 0.25) is 0 Å². The first-order valence-electron chi connectivity index (χ1n) is 4.34. The van der Waals surface area contributed by atoms with Gasteiger partial charge in [-0.15, -0.1) is 0 Å². The number of likely N-dealkylation sites (tertiary alicyclic amines) is 1. The Bertz CT molecular complexity index is 234. The van der Waals surface area contributed by atoms with Gasteiger partial charge in [-0.1, -0.05) is 5.11 Å². The number of hydrogen-bond donors (Lipinski definition) is 0. The normalized spacial score (nSPS) is 23.5. The van der Waals surface area contributed by atoms with Crippen LogP contribution in [0.1, 0.15) is 6.42 Å². The van der Waals surface area contributed by atoms with E-state index in [2.05, 4.69) is 10.0 Å². The Labute approximate surface area is 79.3 Å². The van der Waals surface area contributed by atoms with Crippen LogP contribution in [0.4, 0.5) is 13.2 Å². The van der Waals surface area contributed by atoms with Crippen LogP contribution in [0.3, 0.4) is 0 Å². The summed E-state index contributed by atoms with van der Waals surface area (Å²) in [4.78, 5) is 4.21. The lowest BCUT2D eigenvalue weighted by Crippen LogP contribution is -2.28. The largest absolute Gasteiger partial charge is 0.393 e. The highest BCUT2D eigenvalue weighted by atomic mass is 19.4. The van der Waals surface area contributed by atoms with Gasteiger partial charge in [-0.05, 0) is 18.5 Å². The van der Waals surface area contributed by atoms with Gasteiger partial charge in [0, 0.05) is 24.5 Å². The van der Waals surface area contributed by atoms with Crippen LogP contribution in [0.25, 0.3) is 10.4 Å². The summed E-state index contributed by atoms with van der Waals surface area (Å²) >= 11 is 0. The third-order valence-electron chi connectivity index (χ3n) is 2.31. The summed E-state index contributed by atoms with van der Waals surface area (Å²) < 4.78 is 36.6. The highest BCUT2D eigenvalue weighted by Crippen LogP contribution is 2.33. The zero-order valence-electron chi connectivity index (χ0n) is 7.54. The number of hydrogen-bond acceptors (Lipinski definition) is 2. The second-order valence-corrected chi connectivity index (χ2v) is 3.28. The Hall–Kier alpha value is -0.940. The molecule has 80 valence electrons. The Kier molecular flexibility index (Phi) is 3.60. The highest BCUT2D eigenvalue weighted by molar-refractivity contribution is 4.80. The van der Waals surface area contributed by atoms with Crippen molar-refractivity contribution in [3.8, 4) is 0 Å². The number of rotatable bonds is 3. The molecule has 1 aliphatic heterocycles. The molecule has 0 amide bonds. The maximum atomic E-state index is 12.2. The van der Waals surface area contributed by atoms with E-state index >= 15 is 0 Å². The molecule has 1 rings (SSSR count). The monoisotopic (exact) mass is 208 g/mol. The van der Waals surface area contributed by atoms with Crippen molar-refractivity contribution in [1.82, 2.24) is 4.90 Å². The average molecular weight is 208 g/mol. The van der Waals surface area contributed by atoms with E-state index in [-0.39, 0.29) is 19.5 Å². The average Bonchev–Trinajstić information content (AvgIpc) is 2.52. The predicted octanol–water partition coefficient (Wildman–Crippen LogP) is 2.18. The van der Waals surface area contributed by atoms with Gasteiger partial charge < -0.3 is 4.90 Å².